The molecule has 0 rings (SSSR count). The minimum absolute atomic E-state index is 0.0557. The number of carbonyl (C=O) groups is 2. The number of carbonyl (C=O) groups excluding carboxylic acids is 2. The fourth-order valence-electron chi connectivity index (χ4n) is 9.97. The van der Waals surface area contributed by atoms with E-state index >= 15 is 0 Å². The largest absolute Gasteiger partial charge is 0.462 e. The van der Waals surface area contributed by atoms with Gasteiger partial charge in [0.05, 0.1) is 6.61 Å². The third-order valence-electron chi connectivity index (χ3n) is 14.7. The SMILES string of the molecule is CCCCCCCCCCCCCCCCCCCCCCCCCCCCCCCCCCCCCC(=O)OC(CO)COC(=O)CCCCCCCCCCCCCCCCCCCC. The van der Waals surface area contributed by atoms with Crippen LogP contribution in [0.1, 0.15) is 367 Å². The monoisotopic (exact) mass is 947 g/mol. The molecule has 0 bridgehead atoms. The van der Waals surface area contributed by atoms with Gasteiger partial charge in [-0.3, -0.25) is 9.59 Å². The quantitative estimate of drug-likeness (QED) is 0.0486. The Morgan fingerprint density at radius 2 is 0.463 bits per heavy atom. The van der Waals surface area contributed by atoms with Crippen LogP contribution in [0.5, 0.6) is 0 Å². The average Bonchev–Trinajstić information content (AvgIpc) is 3.33. The summed E-state index contributed by atoms with van der Waals surface area (Å²) in [5.41, 5.74) is 0. The van der Waals surface area contributed by atoms with Gasteiger partial charge in [-0.15, -0.1) is 0 Å². The van der Waals surface area contributed by atoms with Gasteiger partial charge in [-0.25, -0.2) is 0 Å². The van der Waals surface area contributed by atoms with Crippen molar-refractivity contribution in [2.75, 3.05) is 13.2 Å². The molecule has 0 aromatic carbocycles. The molecule has 67 heavy (non-hydrogen) atoms. The van der Waals surface area contributed by atoms with Gasteiger partial charge in [0.15, 0.2) is 6.10 Å². The van der Waals surface area contributed by atoms with Gasteiger partial charge in [-0.2, -0.15) is 0 Å². The molecule has 0 saturated carbocycles. The smallest absolute Gasteiger partial charge is 0.306 e. The maximum atomic E-state index is 12.3. The summed E-state index contributed by atoms with van der Waals surface area (Å²) in [6.07, 6.45) is 72.6. The van der Waals surface area contributed by atoms with Crippen molar-refractivity contribution < 1.29 is 24.2 Å². The molecule has 0 radical (unpaired) electrons. The highest BCUT2D eigenvalue weighted by Gasteiger charge is 2.16. The zero-order valence-electron chi connectivity index (χ0n) is 46.0. The number of hydrogen-bond donors (Lipinski definition) is 1. The predicted molar refractivity (Wildman–Crippen MR) is 293 cm³/mol. The molecule has 1 unspecified atom stereocenters. The van der Waals surface area contributed by atoms with E-state index in [2.05, 4.69) is 13.8 Å². The molecule has 5 nitrogen and oxygen atoms in total. The number of aliphatic hydroxyl groups excluding tert-OH is 1. The second-order valence-electron chi connectivity index (χ2n) is 21.5. The maximum Gasteiger partial charge on any atom is 0.306 e. The molecule has 0 aliphatic heterocycles. The standard InChI is InChI=1S/C62H122O5/c1-3-5-7-9-11-13-15-17-19-21-23-24-25-26-27-28-29-30-31-32-33-34-35-36-37-38-39-41-43-45-47-49-51-53-55-57-62(65)67-60(58-63)59-66-61(64)56-54-52-50-48-46-44-42-40-22-20-18-16-14-12-10-8-6-4-2/h60,63H,3-59H2,1-2H3. The third-order valence-corrected chi connectivity index (χ3v) is 14.7. The molecule has 0 heterocycles. The van der Waals surface area contributed by atoms with Crippen LogP contribution in [0.3, 0.4) is 0 Å². The number of esters is 2. The molecule has 5 heteroatoms. The summed E-state index contributed by atoms with van der Waals surface area (Å²) in [5, 5.41) is 9.66. The van der Waals surface area contributed by atoms with Crippen molar-refractivity contribution in [1.29, 1.82) is 0 Å². The Labute approximate surface area is 420 Å². The lowest BCUT2D eigenvalue weighted by molar-refractivity contribution is -0.161. The molecule has 1 N–H and O–H groups in total. The van der Waals surface area contributed by atoms with E-state index in [-0.39, 0.29) is 25.2 Å². The van der Waals surface area contributed by atoms with Crippen molar-refractivity contribution in [3.63, 3.8) is 0 Å². The van der Waals surface area contributed by atoms with Gasteiger partial charge < -0.3 is 14.6 Å². The van der Waals surface area contributed by atoms with Crippen LogP contribution in [0.25, 0.3) is 0 Å². The Kier molecular flexibility index (Phi) is 58.2. The van der Waals surface area contributed by atoms with E-state index in [0.717, 1.165) is 32.1 Å². The first-order valence-corrected chi connectivity index (χ1v) is 31.1. The van der Waals surface area contributed by atoms with E-state index < -0.39 is 6.10 Å². The molecular formula is C62H122O5. The first kappa shape index (κ1) is 65.9. The van der Waals surface area contributed by atoms with E-state index in [9.17, 15) is 14.7 Å². The molecule has 0 aliphatic carbocycles. The normalized spacial score (nSPS) is 12.0. The summed E-state index contributed by atoms with van der Waals surface area (Å²) in [4.78, 5) is 24.5. The van der Waals surface area contributed by atoms with Crippen LogP contribution in [0.15, 0.2) is 0 Å². The summed E-state index contributed by atoms with van der Waals surface area (Å²) < 4.78 is 10.7. The lowest BCUT2D eigenvalue weighted by atomic mass is 10.0. The van der Waals surface area contributed by atoms with Gasteiger partial charge in [0, 0.05) is 12.8 Å². The molecule has 0 spiro atoms. The topological polar surface area (TPSA) is 72.8 Å². The maximum absolute atomic E-state index is 12.3. The zero-order valence-corrected chi connectivity index (χ0v) is 46.0. The summed E-state index contributed by atoms with van der Waals surface area (Å²) in [6, 6.07) is 0. The summed E-state index contributed by atoms with van der Waals surface area (Å²) in [7, 11) is 0. The molecule has 1 atom stereocenters. The average molecular weight is 948 g/mol. The highest BCUT2D eigenvalue weighted by molar-refractivity contribution is 5.70. The number of hydrogen-bond acceptors (Lipinski definition) is 5. The van der Waals surface area contributed by atoms with E-state index in [0.29, 0.717) is 12.8 Å². The zero-order chi connectivity index (χ0) is 48.5. The fourth-order valence-corrected chi connectivity index (χ4v) is 9.97. The van der Waals surface area contributed by atoms with E-state index in [1.807, 2.05) is 0 Å². The Morgan fingerprint density at radius 3 is 0.657 bits per heavy atom. The van der Waals surface area contributed by atoms with Crippen molar-refractivity contribution >= 4 is 11.9 Å². The molecule has 0 aromatic heterocycles. The minimum Gasteiger partial charge on any atom is -0.462 e. The van der Waals surface area contributed by atoms with Crippen LogP contribution in [0, 0.1) is 0 Å². The number of ether oxygens (including phenoxy) is 2. The van der Waals surface area contributed by atoms with Gasteiger partial charge >= 0.3 is 11.9 Å². The van der Waals surface area contributed by atoms with Crippen molar-refractivity contribution in [3.8, 4) is 0 Å². The fraction of sp³-hybridized carbons (Fsp3) is 0.968. The van der Waals surface area contributed by atoms with Crippen LogP contribution < -0.4 is 0 Å². The molecule has 0 amide bonds. The second-order valence-corrected chi connectivity index (χ2v) is 21.5. The lowest BCUT2D eigenvalue weighted by Crippen LogP contribution is -2.28. The molecule has 0 saturated heterocycles. The van der Waals surface area contributed by atoms with Crippen LogP contribution in [-0.2, 0) is 19.1 Å². The minimum atomic E-state index is -0.764. The highest BCUT2D eigenvalue weighted by Crippen LogP contribution is 2.19. The van der Waals surface area contributed by atoms with Gasteiger partial charge in [0.2, 0.25) is 0 Å². The van der Waals surface area contributed by atoms with Crippen molar-refractivity contribution in [3.05, 3.63) is 0 Å². The van der Waals surface area contributed by atoms with Gasteiger partial charge in [0.1, 0.15) is 6.61 Å². The van der Waals surface area contributed by atoms with Crippen LogP contribution in [0.4, 0.5) is 0 Å². The van der Waals surface area contributed by atoms with Crippen molar-refractivity contribution in [2.24, 2.45) is 0 Å². The summed E-state index contributed by atoms with van der Waals surface area (Å²) in [5.74, 6) is -0.563. The van der Waals surface area contributed by atoms with Crippen LogP contribution >= 0.6 is 0 Å². The molecule has 0 aromatic rings. The summed E-state index contributed by atoms with van der Waals surface area (Å²) in [6.45, 7) is 4.21. The molecule has 0 fully saturated rings. The van der Waals surface area contributed by atoms with Crippen LogP contribution in [-0.4, -0.2) is 36.4 Å². The summed E-state index contributed by atoms with van der Waals surface area (Å²) >= 11 is 0. The first-order valence-electron chi connectivity index (χ1n) is 31.1. The third kappa shape index (κ3) is 57.4. The van der Waals surface area contributed by atoms with Gasteiger partial charge in [-0.05, 0) is 12.8 Å². The lowest BCUT2D eigenvalue weighted by Gasteiger charge is -2.15. The first-order chi connectivity index (χ1) is 33.1. The van der Waals surface area contributed by atoms with E-state index in [1.54, 1.807) is 0 Å². The Balaban J connectivity index is 3.34. The number of rotatable bonds is 59. The van der Waals surface area contributed by atoms with E-state index in [1.165, 1.54) is 308 Å². The highest BCUT2D eigenvalue weighted by atomic mass is 16.6. The van der Waals surface area contributed by atoms with Crippen molar-refractivity contribution in [2.45, 2.75) is 373 Å². The number of aliphatic hydroxyl groups is 1. The van der Waals surface area contributed by atoms with Gasteiger partial charge in [0.25, 0.3) is 0 Å². The van der Waals surface area contributed by atoms with Gasteiger partial charge in [-0.1, -0.05) is 341 Å². The molecular weight excluding hydrogens is 825 g/mol. The Hall–Kier alpha value is -1.10. The predicted octanol–water partition coefficient (Wildman–Crippen LogP) is 20.9. The van der Waals surface area contributed by atoms with Crippen LogP contribution in [0.2, 0.25) is 0 Å². The Bertz CT molecular complexity index is 937. The molecule has 0 aliphatic rings. The van der Waals surface area contributed by atoms with E-state index in [4.69, 9.17) is 9.47 Å². The second kappa shape index (κ2) is 59.2. The van der Waals surface area contributed by atoms with Crippen molar-refractivity contribution in [1.82, 2.24) is 0 Å². The number of unbranched alkanes of at least 4 members (excludes halogenated alkanes) is 51. The molecule has 400 valence electrons. The Morgan fingerprint density at radius 1 is 0.284 bits per heavy atom.